The predicted octanol–water partition coefficient (Wildman–Crippen LogP) is 4.16. The lowest BCUT2D eigenvalue weighted by Gasteiger charge is -2.34. The molecule has 1 aromatic heterocycles. The molecule has 2 heterocycles. The molecule has 8 nitrogen and oxygen atoms in total. The number of benzene rings is 2. The van der Waals surface area contributed by atoms with Crippen LogP contribution in [0.25, 0.3) is 10.9 Å². The zero-order valence-electron chi connectivity index (χ0n) is 23.5. The highest BCUT2D eigenvalue weighted by Gasteiger charge is 2.42. The Morgan fingerprint density at radius 3 is 2.64 bits per heavy atom. The van der Waals surface area contributed by atoms with Crippen LogP contribution in [0.5, 0.6) is 5.75 Å². The molecule has 39 heavy (non-hydrogen) atoms. The summed E-state index contributed by atoms with van der Waals surface area (Å²) in [5.74, 6) is 0.519. The Labute approximate surface area is 233 Å². The van der Waals surface area contributed by atoms with Crippen molar-refractivity contribution in [1.29, 1.82) is 0 Å². The van der Waals surface area contributed by atoms with Crippen LogP contribution < -0.4 is 4.74 Å². The monoisotopic (exact) mass is 550 g/mol. The number of aromatic nitrogens is 1. The van der Waals surface area contributed by atoms with E-state index in [1.54, 1.807) is 13.3 Å². The molecule has 3 aromatic rings. The molecule has 1 aliphatic heterocycles. The van der Waals surface area contributed by atoms with Gasteiger partial charge in [0.1, 0.15) is 6.61 Å². The largest absolute Gasteiger partial charge is 0.593 e. The Morgan fingerprint density at radius 2 is 1.95 bits per heavy atom. The molecule has 1 fully saturated rings. The van der Waals surface area contributed by atoms with E-state index in [4.69, 9.17) is 9.47 Å². The summed E-state index contributed by atoms with van der Waals surface area (Å²) in [5, 5.41) is 0.886. The lowest BCUT2D eigenvalue weighted by Crippen LogP contribution is -2.41. The van der Waals surface area contributed by atoms with Crippen molar-refractivity contribution < 1.29 is 18.8 Å². The molecule has 9 heteroatoms. The fourth-order valence-electron chi connectivity index (χ4n) is 5.61. The Kier molecular flexibility index (Phi) is 8.16. The molecule has 0 radical (unpaired) electrons. The van der Waals surface area contributed by atoms with Crippen LogP contribution in [0.15, 0.2) is 40.2 Å². The zero-order chi connectivity index (χ0) is 27.7. The average Bonchev–Trinajstić information content (AvgIpc) is 3.34. The van der Waals surface area contributed by atoms with Crippen LogP contribution in [0.3, 0.4) is 0 Å². The number of nitrogens with one attached hydrogen (secondary N) is 1. The van der Waals surface area contributed by atoms with Gasteiger partial charge in [0, 0.05) is 53.4 Å². The van der Waals surface area contributed by atoms with Crippen molar-refractivity contribution in [3.63, 3.8) is 0 Å². The van der Waals surface area contributed by atoms with Crippen molar-refractivity contribution in [3.05, 3.63) is 58.3 Å². The maximum Gasteiger partial charge on any atom is 0.216 e. The maximum atomic E-state index is 14.1. The van der Waals surface area contributed by atoms with Crippen molar-refractivity contribution in [2.24, 2.45) is 4.99 Å². The molecular weight excluding hydrogens is 512 g/mol. The number of nitrogens with zero attached hydrogens (tertiary/aromatic N) is 3. The normalized spacial score (nSPS) is 18.1. The summed E-state index contributed by atoms with van der Waals surface area (Å²) in [7, 11) is 1.74. The van der Waals surface area contributed by atoms with E-state index >= 15 is 0 Å². The number of rotatable bonds is 9. The smallest absolute Gasteiger partial charge is 0.216 e. The molecule has 0 amide bonds. The molecular formula is C30H38N4O4S. The van der Waals surface area contributed by atoms with E-state index in [1.165, 1.54) is 0 Å². The standard InChI is InChI=1S/C30H38N4O4S/c1-6-33(7-2)10-15-38-25-18-23-22(17-26(25)39(36)34-11-13-37-14-12-34)28(35)27-21-9-8-20(19-31-5)16-24(21)32-29(27)30(23,3)4/h8-9,16-19,32H,6-7,10-15H2,1-5H3/b31-19-. The third-order valence-electron chi connectivity index (χ3n) is 7.91. The van der Waals surface area contributed by atoms with Gasteiger partial charge >= 0.3 is 0 Å². The summed E-state index contributed by atoms with van der Waals surface area (Å²) in [5.41, 5.74) is 4.41. The minimum Gasteiger partial charge on any atom is -0.593 e. The SMILES string of the molecule is CCN(CC)CCOc1cc2c(cc1[S+]([O-])N1CCOCC1)C(=O)c1c([nH]c3cc(/C=N\C)ccc13)C2(C)C. The summed E-state index contributed by atoms with van der Waals surface area (Å²) in [6.45, 7) is 13.8. The highest BCUT2D eigenvalue weighted by molar-refractivity contribution is 7.89. The van der Waals surface area contributed by atoms with Gasteiger partial charge in [-0.1, -0.05) is 39.8 Å². The molecule has 208 valence electrons. The summed E-state index contributed by atoms with van der Waals surface area (Å²) in [6.07, 6.45) is 1.80. The van der Waals surface area contributed by atoms with Crippen LogP contribution in [0.2, 0.25) is 0 Å². The number of hydrogen-bond donors (Lipinski definition) is 1. The first kappa shape index (κ1) is 27.9. The van der Waals surface area contributed by atoms with E-state index in [2.05, 4.69) is 42.6 Å². The lowest BCUT2D eigenvalue weighted by atomic mass is 9.71. The van der Waals surface area contributed by atoms with E-state index in [-0.39, 0.29) is 5.78 Å². The van der Waals surface area contributed by atoms with Crippen molar-refractivity contribution in [1.82, 2.24) is 14.2 Å². The molecule has 0 spiro atoms. The second kappa shape index (κ2) is 11.4. The zero-order valence-corrected chi connectivity index (χ0v) is 24.3. The minimum atomic E-state index is -1.48. The fourth-order valence-corrected chi connectivity index (χ4v) is 6.88. The van der Waals surface area contributed by atoms with Crippen molar-refractivity contribution in [2.75, 3.05) is 59.6 Å². The molecule has 1 N–H and O–H groups in total. The Balaban J connectivity index is 1.60. The molecule has 5 rings (SSSR count). The van der Waals surface area contributed by atoms with Gasteiger partial charge in [0.05, 0.1) is 43.2 Å². The lowest BCUT2D eigenvalue weighted by molar-refractivity contribution is 0.0729. The number of ether oxygens (including phenoxy) is 2. The summed E-state index contributed by atoms with van der Waals surface area (Å²) in [6, 6.07) is 9.75. The van der Waals surface area contributed by atoms with Crippen LogP contribution in [0.4, 0.5) is 0 Å². The maximum absolute atomic E-state index is 14.1. The second-order valence-corrected chi connectivity index (χ2v) is 12.0. The third kappa shape index (κ3) is 5.14. The number of aliphatic imine (C=N–C) groups is 1. The molecule has 2 aliphatic rings. The number of H-pyrrole nitrogens is 1. The highest BCUT2D eigenvalue weighted by atomic mass is 32.2. The quantitative estimate of drug-likeness (QED) is 0.318. The topological polar surface area (TPSA) is 93.2 Å². The molecule has 1 unspecified atom stereocenters. The van der Waals surface area contributed by atoms with Gasteiger partial charge < -0.3 is 23.9 Å². The van der Waals surface area contributed by atoms with Crippen molar-refractivity contribution in [3.8, 4) is 5.75 Å². The van der Waals surface area contributed by atoms with Crippen LogP contribution in [-0.2, 0) is 21.5 Å². The van der Waals surface area contributed by atoms with Crippen molar-refractivity contribution in [2.45, 2.75) is 38.0 Å². The number of aromatic amines is 1. The number of carbonyl (C=O) groups excluding carboxylic acids is 1. The van der Waals surface area contributed by atoms with Gasteiger partial charge in [0.2, 0.25) is 4.90 Å². The minimum absolute atomic E-state index is 0.0580. The van der Waals surface area contributed by atoms with E-state index < -0.39 is 16.8 Å². The van der Waals surface area contributed by atoms with Gasteiger partial charge in [-0.25, -0.2) is 0 Å². The number of morpholine rings is 1. The number of fused-ring (bicyclic) bond motifs is 4. The predicted molar refractivity (Wildman–Crippen MR) is 156 cm³/mol. The third-order valence-corrected chi connectivity index (χ3v) is 9.44. The number of hydrogen-bond acceptors (Lipinski definition) is 7. The molecule has 0 bridgehead atoms. The molecule has 1 aliphatic carbocycles. The first-order valence-electron chi connectivity index (χ1n) is 13.7. The number of carbonyl (C=O) groups is 1. The molecule has 2 aromatic carbocycles. The van der Waals surface area contributed by atoms with E-state index in [1.807, 2.05) is 34.6 Å². The molecule has 1 saturated heterocycles. The van der Waals surface area contributed by atoms with Gasteiger partial charge in [-0.2, -0.15) is 0 Å². The molecule has 1 atom stereocenters. The number of ketones is 1. The van der Waals surface area contributed by atoms with Gasteiger partial charge in [-0.3, -0.25) is 9.79 Å². The highest BCUT2D eigenvalue weighted by Crippen LogP contribution is 2.46. The van der Waals surface area contributed by atoms with Gasteiger partial charge in [0.15, 0.2) is 11.5 Å². The van der Waals surface area contributed by atoms with Gasteiger partial charge in [-0.15, -0.1) is 4.31 Å². The Morgan fingerprint density at radius 1 is 1.21 bits per heavy atom. The average molecular weight is 551 g/mol. The first-order valence-corrected chi connectivity index (χ1v) is 14.8. The van der Waals surface area contributed by atoms with Crippen molar-refractivity contribution >= 4 is 34.3 Å². The first-order chi connectivity index (χ1) is 18.8. The van der Waals surface area contributed by atoms with E-state index in [0.29, 0.717) is 54.7 Å². The number of likely N-dealkylation sites (N-methyl/N-ethyl adjacent to an activating group) is 1. The summed E-state index contributed by atoms with van der Waals surface area (Å²) in [4.78, 5) is 24.6. The Bertz CT molecular complexity index is 1390. The van der Waals surface area contributed by atoms with Crippen LogP contribution >= 0.6 is 0 Å². The summed E-state index contributed by atoms with van der Waals surface area (Å²) < 4.78 is 27.6. The van der Waals surface area contributed by atoms with Gasteiger partial charge in [-0.05, 0) is 36.3 Å². The van der Waals surface area contributed by atoms with E-state index in [9.17, 15) is 9.35 Å². The van der Waals surface area contributed by atoms with Gasteiger partial charge in [0.25, 0.3) is 0 Å². The molecule has 0 saturated carbocycles. The summed E-state index contributed by atoms with van der Waals surface area (Å²) >= 11 is -1.48. The Hall–Kier alpha value is -2.69. The van der Waals surface area contributed by atoms with Crippen LogP contribution in [0, 0.1) is 0 Å². The van der Waals surface area contributed by atoms with Crippen LogP contribution in [0.1, 0.15) is 60.4 Å². The second-order valence-electron chi connectivity index (χ2n) is 10.5. The van der Waals surface area contributed by atoms with E-state index in [0.717, 1.165) is 47.4 Å². The van der Waals surface area contributed by atoms with Crippen LogP contribution in [-0.4, -0.2) is 90.3 Å². The fraction of sp³-hybridized carbons (Fsp3) is 0.467.